The first-order valence-corrected chi connectivity index (χ1v) is 10.4. The summed E-state index contributed by atoms with van der Waals surface area (Å²) in [6.07, 6.45) is 0.303. The van der Waals surface area contributed by atoms with Crippen LogP contribution < -0.4 is 14.2 Å². The number of fused-ring (bicyclic) bond motifs is 1. The van der Waals surface area contributed by atoms with Crippen LogP contribution in [0.2, 0.25) is 0 Å². The van der Waals surface area contributed by atoms with E-state index in [1.165, 1.54) is 0 Å². The Bertz CT molecular complexity index is 971. The van der Waals surface area contributed by atoms with E-state index in [9.17, 15) is 4.79 Å². The number of methoxy groups -OCH3 is 1. The summed E-state index contributed by atoms with van der Waals surface area (Å²) in [5.74, 6) is 2.28. The Labute approximate surface area is 174 Å². The fraction of sp³-hybridized carbons (Fsp3) is 0.261. The highest BCUT2D eigenvalue weighted by molar-refractivity contribution is 7.09. The summed E-state index contributed by atoms with van der Waals surface area (Å²) in [5, 5.41) is 2.03. The Morgan fingerprint density at radius 2 is 1.86 bits per heavy atom. The van der Waals surface area contributed by atoms with Gasteiger partial charge in [0.2, 0.25) is 5.91 Å². The molecular weight excluding hydrogens is 386 g/mol. The molecule has 6 heteroatoms. The highest BCUT2D eigenvalue weighted by atomic mass is 32.1. The second kappa shape index (κ2) is 9.01. The van der Waals surface area contributed by atoms with Crippen LogP contribution in [0.15, 0.2) is 60.0 Å². The molecule has 0 saturated heterocycles. The second-order valence-corrected chi connectivity index (χ2v) is 7.83. The second-order valence-electron chi connectivity index (χ2n) is 6.80. The van der Waals surface area contributed by atoms with E-state index < -0.39 is 0 Å². The van der Waals surface area contributed by atoms with Crippen LogP contribution in [0.5, 0.6) is 17.2 Å². The summed E-state index contributed by atoms with van der Waals surface area (Å²) >= 11 is 1.65. The number of nitrogens with zero attached hydrogens (tertiary/aromatic N) is 1. The number of hydrogen-bond donors (Lipinski definition) is 0. The fourth-order valence-electron chi connectivity index (χ4n) is 3.35. The quantitative estimate of drug-likeness (QED) is 0.584. The maximum absolute atomic E-state index is 13.2. The Morgan fingerprint density at radius 1 is 1.03 bits per heavy atom. The minimum absolute atomic E-state index is 0.0565. The number of rotatable bonds is 7. The summed E-state index contributed by atoms with van der Waals surface area (Å²) < 4.78 is 16.7. The molecule has 4 rings (SSSR count). The van der Waals surface area contributed by atoms with E-state index in [1.807, 2.05) is 58.8 Å². The summed E-state index contributed by atoms with van der Waals surface area (Å²) in [4.78, 5) is 16.3. The van der Waals surface area contributed by atoms with Gasteiger partial charge in [-0.05, 0) is 35.2 Å². The molecule has 2 heterocycles. The SMILES string of the molecule is COc1ccccc1CN(Cc1cccs1)C(=O)Cc1ccc2c(c1)OCCO2. The van der Waals surface area contributed by atoms with Gasteiger partial charge in [-0.3, -0.25) is 4.79 Å². The lowest BCUT2D eigenvalue weighted by Crippen LogP contribution is -2.31. The molecule has 0 unspecified atom stereocenters. The van der Waals surface area contributed by atoms with Gasteiger partial charge in [-0.1, -0.05) is 30.3 Å². The zero-order chi connectivity index (χ0) is 20.1. The van der Waals surface area contributed by atoms with Gasteiger partial charge in [0.05, 0.1) is 20.1 Å². The van der Waals surface area contributed by atoms with Crippen LogP contribution in [0, 0.1) is 0 Å². The van der Waals surface area contributed by atoms with Crippen LogP contribution in [0.1, 0.15) is 16.0 Å². The van der Waals surface area contributed by atoms with Crippen LogP contribution in [0.3, 0.4) is 0 Å². The van der Waals surface area contributed by atoms with Gasteiger partial charge < -0.3 is 19.1 Å². The summed E-state index contributed by atoms with van der Waals surface area (Å²) in [7, 11) is 1.65. The maximum atomic E-state index is 13.2. The number of carbonyl (C=O) groups is 1. The van der Waals surface area contributed by atoms with Gasteiger partial charge in [0, 0.05) is 17.0 Å². The molecule has 1 aromatic heterocycles. The summed E-state index contributed by atoms with van der Waals surface area (Å²) in [6.45, 7) is 2.14. The predicted molar refractivity (Wildman–Crippen MR) is 113 cm³/mol. The molecule has 0 N–H and O–H groups in total. The van der Waals surface area contributed by atoms with Crippen molar-refractivity contribution in [2.45, 2.75) is 19.5 Å². The van der Waals surface area contributed by atoms with E-state index in [-0.39, 0.29) is 5.91 Å². The third-order valence-electron chi connectivity index (χ3n) is 4.80. The Hall–Kier alpha value is -2.99. The third-order valence-corrected chi connectivity index (χ3v) is 5.66. The number of carbonyl (C=O) groups excluding carboxylic acids is 1. The van der Waals surface area contributed by atoms with Crippen LogP contribution in [0.25, 0.3) is 0 Å². The van der Waals surface area contributed by atoms with Crippen molar-refractivity contribution in [3.8, 4) is 17.2 Å². The topological polar surface area (TPSA) is 48.0 Å². The number of benzene rings is 2. The molecule has 5 nitrogen and oxygen atoms in total. The van der Waals surface area contributed by atoms with Crippen molar-refractivity contribution >= 4 is 17.2 Å². The molecule has 0 radical (unpaired) electrons. The molecular formula is C23H23NO4S. The zero-order valence-corrected chi connectivity index (χ0v) is 17.1. The molecule has 3 aromatic rings. The lowest BCUT2D eigenvalue weighted by Gasteiger charge is -2.24. The minimum Gasteiger partial charge on any atom is -0.496 e. The predicted octanol–water partition coefficient (Wildman–Crippen LogP) is 4.30. The first-order chi connectivity index (χ1) is 14.2. The highest BCUT2D eigenvalue weighted by Gasteiger charge is 2.19. The number of thiophene rings is 1. The lowest BCUT2D eigenvalue weighted by molar-refractivity contribution is -0.131. The minimum atomic E-state index is 0.0565. The molecule has 0 saturated carbocycles. The van der Waals surface area contributed by atoms with E-state index >= 15 is 0 Å². The zero-order valence-electron chi connectivity index (χ0n) is 16.3. The van der Waals surface area contributed by atoms with Gasteiger partial charge in [0.1, 0.15) is 19.0 Å². The molecule has 29 heavy (non-hydrogen) atoms. The smallest absolute Gasteiger partial charge is 0.227 e. The number of amides is 1. The van der Waals surface area contributed by atoms with Crippen molar-refractivity contribution in [2.75, 3.05) is 20.3 Å². The number of para-hydroxylation sites is 1. The third kappa shape index (κ3) is 4.71. The first-order valence-electron chi connectivity index (χ1n) is 9.53. The van der Waals surface area contributed by atoms with Gasteiger partial charge in [0.25, 0.3) is 0 Å². The molecule has 0 fully saturated rings. The van der Waals surface area contributed by atoms with Crippen molar-refractivity contribution in [3.05, 3.63) is 76.0 Å². The monoisotopic (exact) mass is 409 g/mol. The van der Waals surface area contributed by atoms with E-state index in [2.05, 4.69) is 6.07 Å². The van der Waals surface area contributed by atoms with Crippen molar-refractivity contribution in [1.29, 1.82) is 0 Å². The van der Waals surface area contributed by atoms with Crippen LogP contribution in [0.4, 0.5) is 0 Å². The van der Waals surface area contributed by atoms with Gasteiger partial charge in [-0.15, -0.1) is 11.3 Å². The van der Waals surface area contributed by atoms with Crippen molar-refractivity contribution < 1.29 is 19.0 Å². The van der Waals surface area contributed by atoms with Crippen LogP contribution in [-0.2, 0) is 24.3 Å². The Morgan fingerprint density at radius 3 is 2.66 bits per heavy atom. The maximum Gasteiger partial charge on any atom is 0.227 e. The summed E-state index contributed by atoms with van der Waals surface area (Å²) in [6, 6.07) is 17.6. The van der Waals surface area contributed by atoms with E-state index in [4.69, 9.17) is 14.2 Å². The molecule has 0 bridgehead atoms. The van der Waals surface area contributed by atoms with Gasteiger partial charge in [0.15, 0.2) is 11.5 Å². The molecule has 0 aliphatic carbocycles. The van der Waals surface area contributed by atoms with Crippen molar-refractivity contribution in [1.82, 2.24) is 4.90 Å². The molecule has 2 aromatic carbocycles. The van der Waals surface area contributed by atoms with Gasteiger partial charge in [-0.25, -0.2) is 0 Å². The molecule has 0 atom stereocenters. The molecule has 1 aliphatic rings. The molecule has 0 spiro atoms. The van der Waals surface area contributed by atoms with Crippen LogP contribution >= 0.6 is 11.3 Å². The fourth-order valence-corrected chi connectivity index (χ4v) is 4.07. The van der Waals surface area contributed by atoms with E-state index in [1.54, 1.807) is 18.4 Å². The number of hydrogen-bond acceptors (Lipinski definition) is 5. The van der Waals surface area contributed by atoms with E-state index in [0.29, 0.717) is 38.5 Å². The van der Waals surface area contributed by atoms with Crippen molar-refractivity contribution in [3.63, 3.8) is 0 Å². The molecule has 150 valence electrons. The van der Waals surface area contributed by atoms with Crippen molar-refractivity contribution in [2.24, 2.45) is 0 Å². The Kier molecular flexibility index (Phi) is 6.00. The van der Waals surface area contributed by atoms with E-state index in [0.717, 1.165) is 27.5 Å². The standard InChI is InChI=1S/C23H23NO4S/c1-26-20-7-3-2-5-18(20)15-24(16-19-6-4-12-29-19)23(25)14-17-8-9-21-22(13-17)28-11-10-27-21/h2-9,12-13H,10-11,14-16H2,1H3. The average molecular weight is 410 g/mol. The first kappa shape index (κ1) is 19.3. The lowest BCUT2D eigenvalue weighted by atomic mass is 10.1. The molecule has 1 aliphatic heterocycles. The Balaban J connectivity index is 1.54. The largest absolute Gasteiger partial charge is 0.496 e. The number of ether oxygens (including phenoxy) is 3. The highest BCUT2D eigenvalue weighted by Crippen LogP contribution is 2.31. The molecule has 1 amide bonds. The summed E-state index contributed by atoms with van der Waals surface area (Å²) in [5.41, 5.74) is 1.90. The van der Waals surface area contributed by atoms with Crippen LogP contribution in [-0.4, -0.2) is 31.1 Å². The average Bonchev–Trinajstić information content (AvgIpc) is 3.27. The van der Waals surface area contributed by atoms with Gasteiger partial charge in [-0.2, -0.15) is 0 Å². The van der Waals surface area contributed by atoms with Gasteiger partial charge >= 0.3 is 0 Å². The normalized spacial score (nSPS) is 12.4.